The van der Waals surface area contributed by atoms with Crippen LogP contribution in [0.15, 0.2) is 24.3 Å². The van der Waals surface area contributed by atoms with Gasteiger partial charge in [0, 0.05) is 25.2 Å². The van der Waals surface area contributed by atoms with Crippen molar-refractivity contribution >= 4 is 5.69 Å². The predicted molar refractivity (Wildman–Crippen MR) is 65.7 cm³/mol. The molecule has 0 aromatic heterocycles. The zero-order chi connectivity index (χ0) is 13.1. The highest BCUT2D eigenvalue weighted by atomic mass is 16.6. The first-order chi connectivity index (χ1) is 7.78. The Morgan fingerprint density at radius 2 is 2.12 bits per heavy atom. The normalized spacial score (nSPS) is 11.8. The molecule has 0 saturated heterocycles. The number of non-ortho nitro benzene ring substituents is 1. The van der Waals surface area contributed by atoms with E-state index in [1.54, 1.807) is 26.0 Å². The summed E-state index contributed by atoms with van der Waals surface area (Å²) >= 11 is 0. The molecule has 5 heteroatoms. The predicted octanol–water partition coefficient (Wildman–Crippen LogP) is 1.80. The van der Waals surface area contributed by atoms with Crippen molar-refractivity contribution in [3.63, 3.8) is 0 Å². The summed E-state index contributed by atoms with van der Waals surface area (Å²) in [6.45, 7) is 4.55. The summed E-state index contributed by atoms with van der Waals surface area (Å²) in [5.74, 6) is 0. The van der Waals surface area contributed by atoms with Gasteiger partial charge in [0.15, 0.2) is 0 Å². The number of nitro benzene ring substituents is 1. The number of nitrogens with zero attached hydrogens (tertiary/aromatic N) is 2. The summed E-state index contributed by atoms with van der Waals surface area (Å²) < 4.78 is 0. The van der Waals surface area contributed by atoms with Gasteiger partial charge in [-0.25, -0.2) is 0 Å². The second kappa shape index (κ2) is 5.25. The molecule has 0 atom stereocenters. The van der Waals surface area contributed by atoms with E-state index in [0.29, 0.717) is 13.1 Å². The molecule has 0 radical (unpaired) electrons. The van der Waals surface area contributed by atoms with Crippen molar-refractivity contribution in [2.24, 2.45) is 0 Å². The molecular formula is C12H18N2O3. The fourth-order valence-corrected chi connectivity index (χ4v) is 1.80. The van der Waals surface area contributed by atoms with Gasteiger partial charge in [0.2, 0.25) is 0 Å². The Morgan fingerprint density at radius 1 is 1.47 bits per heavy atom. The average Bonchev–Trinajstić information content (AvgIpc) is 2.14. The maximum Gasteiger partial charge on any atom is 0.269 e. The van der Waals surface area contributed by atoms with Crippen LogP contribution in [0, 0.1) is 10.1 Å². The van der Waals surface area contributed by atoms with Crippen molar-refractivity contribution in [2.75, 3.05) is 13.6 Å². The van der Waals surface area contributed by atoms with E-state index in [0.717, 1.165) is 5.56 Å². The molecule has 5 nitrogen and oxygen atoms in total. The molecule has 0 aliphatic carbocycles. The van der Waals surface area contributed by atoms with Crippen LogP contribution in [0.1, 0.15) is 19.4 Å². The van der Waals surface area contributed by atoms with Crippen molar-refractivity contribution in [1.29, 1.82) is 0 Å². The minimum absolute atomic E-state index is 0.0964. The van der Waals surface area contributed by atoms with E-state index in [9.17, 15) is 15.2 Å². The lowest BCUT2D eigenvalue weighted by atomic mass is 10.1. The number of hydrogen-bond donors (Lipinski definition) is 1. The third-order valence-electron chi connectivity index (χ3n) is 2.23. The largest absolute Gasteiger partial charge is 0.389 e. The number of aliphatic hydroxyl groups is 1. The van der Waals surface area contributed by atoms with Crippen LogP contribution >= 0.6 is 0 Å². The molecule has 0 saturated carbocycles. The Bertz CT molecular complexity index is 399. The topological polar surface area (TPSA) is 66.6 Å². The van der Waals surface area contributed by atoms with Gasteiger partial charge in [-0.05, 0) is 26.5 Å². The molecule has 1 aromatic rings. The van der Waals surface area contributed by atoms with E-state index >= 15 is 0 Å². The minimum Gasteiger partial charge on any atom is -0.389 e. The molecule has 0 bridgehead atoms. The fourth-order valence-electron chi connectivity index (χ4n) is 1.80. The molecule has 0 amide bonds. The molecule has 1 aromatic carbocycles. The van der Waals surface area contributed by atoms with Gasteiger partial charge in [0.1, 0.15) is 0 Å². The number of benzene rings is 1. The van der Waals surface area contributed by atoms with Crippen molar-refractivity contribution in [1.82, 2.24) is 4.90 Å². The first kappa shape index (κ1) is 13.6. The van der Waals surface area contributed by atoms with E-state index < -0.39 is 10.5 Å². The summed E-state index contributed by atoms with van der Waals surface area (Å²) in [6, 6.07) is 6.54. The third kappa shape index (κ3) is 4.93. The van der Waals surface area contributed by atoms with Crippen LogP contribution in [0.3, 0.4) is 0 Å². The molecular weight excluding hydrogens is 220 g/mol. The van der Waals surface area contributed by atoms with Crippen LogP contribution < -0.4 is 0 Å². The summed E-state index contributed by atoms with van der Waals surface area (Å²) in [5, 5.41) is 20.3. The second-order valence-corrected chi connectivity index (χ2v) is 4.91. The van der Waals surface area contributed by atoms with Gasteiger partial charge < -0.3 is 5.11 Å². The third-order valence-corrected chi connectivity index (χ3v) is 2.23. The Balaban J connectivity index is 2.68. The number of likely N-dealkylation sites (N-methyl/N-ethyl adjacent to an activating group) is 1. The highest BCUT2D eigenvalue weighted by molar-refractivity contribution is 5.34. The van der Waals surface area contributed by atoms with Gasteiger partial charge in [0.25, 0.3) is 5.69 Å². The number of rotatable bonds is 5. The van der Waals surface area contributed by atoms with Gasteiger partial charge in [-0.15, -0.1) is 0 Å². The summed E-state index contributed by atoms with van der Waals surface area (Å²) in [6.07, 6.45) is 0. The van der Waals surface area contributed by atoms with E-state index in [-0.39, 0.29) is 5.69 Å². The maximum atomic E-state index is 10.6. The first-order valence-electron chi connectivity index (χ1n) is 5.42. The molecule has 0 aliphatic heterocycles. The standard InChI is InChI=1S/C12H18N2O3/c1-12(2,15)9-13(3)8-10-5-4-6-11(7-10)14(16)17/h4-7,15H,8-9H2,1-3H3. The van der Waals surface area contributed by atoms with Crippen molar-refractivity contribution in [2.45, 2.75) is 26.0 Å². The van der Waals surface area contributed by atoms with Gasteiger partial charge in [-0.3, -0.25) is 15.0 Å². The van der Waals surface area contributed by atoms with Crippen LogP contribution in [0.4, 0.5) is 5.69 Å². The Kier molecular flexibility index (Phi) is 4.20. The van der Waals surface area contributed by atoms with Crippen LogP contribution in [0.2, 0.25) is 0 Å². The van der Waals surface area contributed by atoms with Crippen LogP contribution in [0.5, 0.6) is 0 Å². The quantitative estimate of drug-likeness (QED) is 0.627. The monoisotopic (exact) mass is 238 g/mol. The van der Waals surface area contributed by atoms with E-state index in [2.05, 4.69) is 0 Å². The van der Waals surface area contributed by atoms with Gasteiger partial charge in [-0.2, -0.15) is 0 Å². The molecule has 17 heavy (non-hydrogen) atoms. The number of nitro groups is 1. The Hall–Kier alpha value is -1.46. The Labute approximate surface area is 101 Å². The Morgan fingerprint density at radius 3 is 2.65 bits per heavy atom. The molecule has 0 spiro atoms. The minimum atomic E-state index is -0.768. The fraction of sp³-hybridized carbons (Fsp3) is 0.500. The zero-order valence-electron chi connectivity index (χ0n) is 10.4. The summed E-state index contributed by atoms with van der Waals surface area (Å²) in [4.78, 5) is 12.1. The lowest BCUT2D eigenvalue weighted by molar-refractivity contribution is -0.384. The lowest BCUT2D eigenvalue weighted by Crippen LogP contribution is -2.35. The smallest absolute Gasteiger partial charge is 0.269 e. The number of hydrogen-bond acceptors (Lipinski definition) is 4. The van der Waals surface area contributed by atoms with Gasteiger partial charge in [0.05, 0.1) is 10.5 Å². The maximum absolute atomic E-state index is 10.6. The summed E-state index contributed by atoms with van der Waals surface area (Å²) in [7, 11) is 1.87. The molecule has 1 rings (SSSR count). The van der Waals surface area contributed by atoms with Crippen LogP contribution in [-0.2, 0) is 6.54 Å². The van der Waals surface area contributed by atoms with Crippen molar-refractivity contribution in [3.05, 3.63) is 39.9 Å². The SMILES string of the molecule is CN(Cc1cccc([N+](=O)[O-])c1)CC(C)(C)O. The zero-order valence-corrected chi connectivity index (χ0v) is 10.4. The molecule has 0 fully saturated rings. The molecule has 0 unspecified atom stereocenters. The van der Waals surface area contributed by atoms with Crippen molar-refractivity contribution < 1.29 is 10.0 Å². The first-order valence-corrected chi connectivity index (χ1v) is 5.42. The van der Waals surface area contributed by atoms with Gasteiger partial charge in [-0.1, -0.05) is 12.1 Å². The molecule has 0 heterocycles. The molecule has 94 valence electrons. The van der Waals surface area contributed by atoms with Crippen LogP contribution in [0.25, 0.3) is 0 Å². The average molecular weight is 238 g/mol. The second-order valence-electron chi connectivity index (χ2n) is 4.91. The highest BCUT2D eigenvalue weighted by Gasteiger charge is 2.16. The lowest BCUT2D eigenvalue weighted by Gasteiger charge is -2.25. The van der Waals surface area contributed by atoms with Crippen molar-refractivity contribution in [3.8, 4) is 0 Å². The van der Waals surface area contributed by atoms with Crippen LogP contribution in [-0.4, -0.2) is 34.1 Å². The van der Waals surface area contributed by atoms with E-state index in [1.807, 2.05) is 18.0 Å². The van der Waals surface area contributed by atoms with E-state index in [4.69, 9.17) is 0 Å². The highest BCUT2D eigenvalue weighted by Crippen LogP contribution is 2.15. The molecule has 0 aliphatic rings. The van der Waals surface area contributed by atoms with Gasteiger partial charge >= 0.3 is 0 Å². The molecule has 1 N–H and O–H groups in total. The summed E-state index contributed by atoms with van der Waals surface area (Å²) in [5.41, 5.74) is 0.195. The van der Waals surface area contributed by atoms with E-state index in [1.165, 1.54) is 6.07 Å².